The largest absolute Gasteiger partial charge is 0.494 e. The maximum atomic E-state index is 12.5. The number of amides is 1. The van der Waals surface area contributed by atoms with Crippen LogP contribution in [0.2, 0.25) is 0 Å². The zero-order chi connectivity index (χ0) is 25.1. The summed E-state index contributed by atoms with van der Waals surface area (Å²) in [4.78, 5) is 12.5. The number of hydrogen-bond acceptors (Lipinski definition) is 4. The summed E-state index contributed by atoms with van der Waals surface area (Å²) >= 11 is 0. The van der Waals surface area contributed by atoms with Crippen molar-refractivity contribution in [3.8, 4) is 23.1 Å². The van der Waals surface area contributed by atoms with Crippen molar-refractivity contribution in [1.82, 2.24) is 4.57 Å². The summed E-state index contributed by atoms with van der Waals surface area (Å²) in [6.07, 6.45) is 2.49. The van der Waals surface area contributed by atoms with Crippen molar-refractivity contribution < 1.29 is 14.3 Å². The molecule has 1 heterocycles. The Labute approximate surface area is 211 Å². The monoisotopic (exact) mass is 479 g/mol. The third kappa shape index (κ3) is 4.52. The first-order chi connectivity index (χ1) is 17.6. The molecule has 1 aromatic heterocycles. The van der Waals surface area contributed by atoms with E-state index >= 15 is 0 Å². The van der Waals surface area contributed by atoms with Crippen LogP contribution in [0.5, 0.6) is 5.75 Å². The molecule has 3 aromatic carbocycles. The molecule has 1 fully saturated rings. The van der Waals surface area contributed by atoms with Crippen LogP contribution in [0.3, 0.4) is 0 Å². The van der Waals surface area contributed by atoms with Gasteiger partial charge in [0.1, 0.15) is 17.9 Å². The maximum absolute atomic E-state index is 12.5. The number of hydrogen-bond donors (Lipinski definition) is 1. The van der Waals surface area contributed by atoms with Gasteiger partial charge in [0, 0.05) is 23.2 Å². The summed E-state index contributed by atoms with van der Waals surface area (Å²) in [5.74, 6) is 0.807. The van der Waals surface area contributed by atoms with E-state index in [0.717, 1.165) is 46.3 Å². The summed E-state index contributed by atoms with van der Waals surface area (Å²) in [7, 11) is 0. The number of nitriles is 1. The molecule has 1 aliphatic carbocycles. The van der Waals surface area contributed by atoms with Gasteiger partial charge in [-0.2, -0.15) is 5.26 Å². The normalized spacial score (nSPS) is 14.0. The molecule has 1 atom stereocenters. The third-order valence-electron chi connectivity index (χ3n) is 6.80. The summed E-state index contributed by atoms with van der Waals surface area (Å²) in [5.41, 5.74) is 5.10. The minimum Gasteiger partial charge on any atom is -0.494 e. The Balaban J connectivity index is 1.43. The first-order valence-corrected chi connectivity index (χ1v) is 12.4. The second-order valence-corrected chi connectivity index (χ2v) is 9.06. The van der Waals surface area contributed by atoms with Gasteiger partial charge >= 0.3 is 6.09 Å². The van der Waals surface area contributed by atoms with Crippen molar-refractivity contribution in [2.45, 2.75) is 45.3 Å². The fourth-order valence-electron chi connectivity index (χ4n) is 4.78. The van der Waals surface area contributed by atoms with Crippen molar-refractivity contribution >= 4 is 22.7 Å². The lowest BCUT2D eigenvalue weighted by atomic mass is 9.92. The predicted molar refractivity (Wildman–Crippen MR) is 141 cm³/mol. The second kappa shape index (κ2) is 10.2. The number of carbonyl (C=O) groups is 1. The van der Waals surface area contributed by atoms with Crippen molar-refractivity contribution in [3.05, 3.63) is 83.9 Å². The SMILES string of the molecule is CCOc1ccc2c(C#N)c(-c3ccc(NC(=O)O[C@H](C)c4ccccc4)cc3)n(C3CCC3)c2c1. The Bertz CT molecular complexity index is 1410. The molecular formula is C30H29N3O3. The number of ether oxygens (including phenoxy) is 2. The number of nitrogens with one attached hydrogen (secondary N) is 1. The minimum absolute atomic E-state index is 0.355. The molecule has 36 heavy (non-hydrogen) atoms. The molecule has 1 N–H and O–H groups in total. The lowest BCUT2D eigenvalue weighted by molar-refractivity contribution is 0.121. The fourth-order valence-corrected chi connectivity index (χ4v) is 4.78. The molecule has 0 bridgehead atoms. The van der Waals surface area contributed by atoms with Crippen LogP contribution in [0.4, 0.5) is 10.5 Å². The van der Waals surface area contributed by atoms with Gasteiger partial charge in [-0.15, -0.1) is 0 Å². The Morgan fingerprint density at radius 2 is 1.86 bits per heavy atom. The highest BCUT2D eigenvalue weighted by atomic mass is 16.6. The minimum atomic E-state index is -0.510. The summed E-state index contributed by atoms with van der Waals surface area (Å²) in [5, 5.41) is 13.9. The molecular weight excluding hydrogens is 450 g/mol. The van der Waals surface area contributed by atoms with Crippen molar-refractivity contribution in [1.29, 1.82) is 5.26 Å². The Kier molecular flexibility index (Phi) is 6.64. The van der Waals surface area contributed by atoms with E-state index in [4.69, 9.17) is 9.47 Å². The summed E-state index contributed by atoms with van der Waals surface area (Å²) in [6, 6.07) is 26.0. The molecule has 0 aliphatic heterocycles. The molecule has 6 nitrogen and oxygen atoms in total. The lowest BCUT2D eigenvalue weighted by Gasteiger charge is -2.30. The van der Waals surface area contributed by atoms with Gasteiger partial charge in [0.25, 0.3) is 0 Å². The average molecular weight is 480 g/mol. The van der Waals surface area contributed by atoms with Gasteiger partial charge in [0.2, 0.25) is 0 Å². The number of nitrogens with zero attached hydrogens (tertiary/aromatic N) is 2. The van der Waals surface area contributed by atoms with Crippen LogP contribution in [0.1, 0.15) is 56.4 Å². The van der Waals surface area contributed by atoms with Gasteiger partial charge < -0.3 is 14.0 Å². The smallest absolute Gasteiger partial charge is 0.412 e. The van der Waals surface area contributed by atoms with Crippen molar-refractivity contribution in [2.75, 3.05) is 11.9 Å². The highest BCUT2D eigenvalue weighted by Crippen LogP contribution is 2.43. The molecule has 4 aromatic rings. The van der Waals surface area contributed by atoms with E-state index in [9.17, 15) is 10.1 Å². The maximum Gasteiger partial charge on any atom is 0.412 e. The number of fused-ring (bicyclic) bond motifs is 1. The molecule has 0 saturated heterocycles. The van der Waals surface area contributed by atoms with Crippen LogP contribution >= 0.6 is 0 Å². The predicted octanol–water partition coefficient (Wildman–Crippen LogP) is 7.61. The number of carbonyl (C=O) groups excluding carboxylic acids is 1. The Hall–Kier alpha value is -4.24. The van der Waals surface area contributed by atoms with E-state index in [1.54, 1.807) is 0 Å². The van der Waals surface area contributed by atoms with E-state index < -0.39 is 6.09 Å². The molecule has 1 saturated carbocycles. The van der Waals surface area contributed by atoms with E-state index in [0.29, 0.717) is 23.9 Å². The molecule has 0 spiro atoms. The van der Waals surface area contributed by atoms with Gasteiger partial charge in [0.15, 0.2) is 0 Å². The molecule has 182 valence electrons. The fraction of sp³-hybridized carbons (Fsp3) is 0.267. The van der Waals surface area contributed by atoms with E-state index in [1.165, 1.54) is 6.42 Å². The van der Waals surface area contributed by atoms with Gasteiger partial charge in [-0.25, -0.2) is 4.79 Å². The molecule has 6 heteroatoms. The number of rotatable bonds is 7. The molecule has 1 amide bonds. The van der Waals surface area contributed by atoms with Gasteiger partial charge in [-0.3, -0.25) is 5.32 Å². The molecule has 0 radical (unpaired) electrons. The highest BCUT2D eigenvalue weighted by molar-refractivity contribution is 5.96. The number of anilines is 1. The van der Waals surface area contributed by atoms with Crippen LogP contribution in [-0.4, -0.2) is 17.3 Å². The number of aromatic nitrogens is 1. The van der Waals surface area contributed by atoms with Gasteiger partial charge in [-0.1, -0.05) is 42.5 Å². The van der Waals surface area contributed by atoms with Crippen LogP contribution in [0, 0.1) is 11.3 Å². The highest BCUT2D eigenvalue weighted by Gasteiger charge is 2.28. The topological polar surface area (TPSA) is 76.3 Å². The molecule has 5 rings (SSSR count). The number of benzene rings is 3. The third-order valence-corrected chi connectivity index (χ3v) is 6.80. The Morgan fingerprint density at radius 3 is 2.50 bits per heavy atom. The standard InChI is InChI=1S/C30H29N3O3/c1-3-35-25-16-17-26-27(19-31)29(33(28(26)18-25)24-10-7-11-24)22-12-14-23(15-13-22)32-30(34)36-20(2)21-8-5-4-6-9-21/h4-6,8-9,12-18,20,24H,3,7,10-11H2,1-2H3,(H,32,34)/t20-/m1/s1. The zero-order valence-electron chi connectivity index (χ0n) is 20.5. The average Bonchev–Trinajstić information content (AvgIpc) is 3.17. The second-order valence-electron chi connectivity index (χ2n) is 9.06. The van der Waals surface area contributed by atoms with Gasteiger partial charge in [0.05, 0.1) is 23.4 Å². The van der Waals surface area contributed by atoms with Crippen molar-refractivity contribution in [2.24, 2.45) is 0 Å². The zero-order valence-corrected chi connectivity index (χ0v) is 20.5. The van der Waals surface area contributed by atoms with Crippen LogP contribution < -0.4 is 10.1 Å². The molecule has 0 unspecified atom stereocenters. The van der Waals surface area contributed by atoms with E-state index in [1.807, 2.05) is 86.6 Å². The van der Waals surface area contributed by atoms with Crippen LogP contribution in [-0.2, 0) is 4.74 Å². The molecule has 1 aliphatic rings. The summed E-state index contributed by atoms with van der Waals surface area (Å²) in [6.45, 7) is 4.40. The summed E-state index contributed by atoms with van der Waals surface area (Å²) < 4.78 is 13.6. The van der Waals surface area contributed by atoms with Gasteiger partial charge in [-0.05, 0) is 68.5 Å². The van der Waals surface area contributed by atoms with Crippen molar-refractivity contribution in [3.63, 3.8) is 0 Å². The first kappa shape index (κ1) is 23.5. The van der Waals surface area contributed by atoms with Crippen LogP contribution in [0.25, 0.3) is 22.2 Å². The Morgan fingerprint density at radius 1 is 1.11 bits per heavy atom. The first-order valence-electron chi connectivity index (χ1n) is 12.4. The quantitative estimate of drug-likeness (QED) is 0.296. The van der Waals surface area contributed by atoms with E-state index in [-0.39, 0.29) is 6.10 Å². The van der Waals surface area contributed by atoms with Crippen LogP contribution in [0.15, 0.2) is 72.8 Å². The lowest BCUT2D eigenvalue weighted by Crippen LogP contribution is -2.18. The van der Waals surface area contributed by atoms with E-state index in [2.05, 4.69) is 16.0 Å².